The van der Waals surface area contributed by atoms with Crippen LogP contribution in [0.2, 0.25) is 5.02 Å². The second-order valence-corrected chi connectivity index (χ2v) is 5.40. The van der Waals surface area contributed by atoms with Crippen molar-refractivity contribution in [3.05, 3.63) is 61.6 Å². The van der Waals surface area contributed by atoms with E-state index in [0.717, 1.165) is 6.07 Å². The topological polar surface area (TPSA) is 98.3 Å². The molecule has 0 unspecified atom stereocenters. The molecular weight excluding hydrogens is 362 g/mol. The molecule has 0 heterocycles. The van der Waals surface area contributed by atoms with Crippen molar-refractivity contribution in [3.63, 3.8) is 0 Å². The minimum absolute atomic E-state index is 0.0334. The van der Waals surface area contributed by atoms with E-state index in [1.807, 2.05) is 0 Å². The Labute approximate surface area is 133 Å². The van der Waals surface area contributed by atoms with Crippen molar-refractivity contribution < 1.29 is 9.72 Å². The van der Waals surface area contributed by atoms with E-state index in [-0.39, 0.29) is 16.9 Å². The van der Waals surface area contributed by atoms with Gasteiger partial charge in [-0.1, -0.05) is 11.6 Å². The number of carbonyl (C=O) groups is 1. The number of nitro benzene ring substituents is 1. The van der Waals surface area contributed by atoms with Gasteiger partial charge in [-0.3, -0.25) is 14.9 Å². The Morgan fingerprint density at radius 3 is 2.62 bits per heavy atom. The SMILES string of the molecule is Nc1ccc([N+](=O)[O-])cc1C(=O)Nc1ccc(Cl)cc1Br. The Bertz CT molecular complexity index is 737. The van der Waals surface area contributed by atoms with Crippen LogP contribution in [0.15, 0.2) is 40.9 Å². The summed E-state index contributed by atoms with van der Waals surface area (Å²) in [6.45, 7) is 0. The Kier molecular flexibility index (Phi) is 4.44. The van der Waals surface area contributed by atoms with Crippen LogP contribution in [-0.2, 0) is 0 Å². The molecule has 3 N–H and O–H groups in total. The number of nitrogen functional groups attached to an aromatic ring is 1. The fourth-order valence-corrected chi connectivity index (χ4v) is 2.42. The Morgan fingerprint density at radius 1 is 1.29 bits per heavy atom. The van der Waals surface area contributed by atoms with Gasteiger partial charge in [0, 0.05) is 27.3 Å². The monoisotopic (exact) mass is 369 g/mol. The highest BCUT2D eigenvalue weighted by atomic mass is 79.9. The molecule has 0 saturated heterocycles. The predicted molar refractivity (Wildman–Crippen MR) is 84.6 cm³/mol. The lowest BCUT2D eigenvalue weighted by Crippen LogP contribution is -2.14. The number of benzene rings is 2. The minimum atomic E-state index is -0.589. The lowest BCUT2D eigenvalue weighted by molar-refractivity contribution is -0.384. The first-order chi connectivity index (χ1) is 9.88. The number of nitrogens with one attached hydrogen (secondary N) is 1. The number of anilines is 2. The van der Waals surface area contributed by atoms with E-state index < -0.39 is 10.8 Å². The van der Waals surface area contributed by atoms with Gasteiger partial charge in [0.2, 0.25) is 0 Å². The summed E-state index contributed by atoms with van der Waals surface area (Å²) >= 11 is 9.08. The molecular formula is C13H9BrClN3O3. The fourth-order valence-electron chi connectivity index (χ4n) is 1.63. The predicted octanol–water partition coefficient (Wildman–Crippen LogP) is 3.85. The molecule has 2 rings (SSSR count). The average Bonchev–Trinajstić information content (AvgIpc) is 2.42. The van der Waals surface area contributed by atoms with Gasteiger partial charge in [0.1, 0.15) is 0 Å². The maximum atomic E-state index is 12.2. The van der Waals surface area contributed by atoms with Crippen LogP contribution in [0.1, 0.15) is 10.4 Å². The van der Waals surface area contributed by atoms with Crippen LogP contribution >= 0.6 is 27.5 Å². The molecule has 21 heavy (non-hydrogen) atoms. The number of nitrogens with two attached hydrogens (primary N) is 1. The second-order valence-electron chi connectivity index (χ2n) is 4.11. The summed E-state index contributed by atoms with van der Waals surface area (Å²) in [5.74, 6) is -0.542. The zero-order valence-electron chi connectivity index (χ0n) is 10.5. The number of nitro groups is 1. The summed E-state index contributed by atoms with van der Waals surface area (Å²) in [4.78, 5) is 22.3. The van der Waals surface area contributed by atoms with Crippen LogP contribution < -0.4 is 11.1 Å². The molecule has 0 radical (unpaired) electrons. The summed E-state index contributed by atoms with van der Waals surface area (Å²) < 4.78 is 0.590. The van der Waals surface area contributed by atoms with E-state index in [1.165, 1.54) is 12.1 Å². The van der Waals surface area contributed by atoms with Gasteiger partial charge in [-0.25, -0.2) is 0 Å². The lowest BCUT2D eigenvalue weighted by atomic mass is 10.1. The van der Waals surface area contributed by atoms with Crippen molar-refractivity contribution in [3.8, 4) is 0 Å². The third-order valence-electron chi connectivity index (χ3n) is 2.67. The van der Waals surface area contributed by atoms with Gasteiger partial charge in [0.05, 0.1) is 16.2 Å². The fraction of sp³-hybridized carbons (Fsp3) is 0. The quantitative estimate of drug-likeness (QED) is 0.487. The van der Waals surface area contributed by atoms with Gasteiger partial charge in [-0.05, 0) is 40.2 Å². The lowest BCUT2D eigenvalue weighted by Gasteiger charge is -2.09. The Morgan fingerprint density at radius 2 is 2.00 bits per heavy atom. The van der Waals surface area contributed by atoms with Crippen LogP contribution in [0, 0.1) is 10.1 Å². The first-order valence-electron chi connectivity index (χ1n) is 5.69. The molecule has 0 aliphatic heterocycles. The highest BCUT2D eigenvalue weighted by Crippen LogP contribution is 2.27. The number of hydrogen-bond donors (Lipinski definition) is 2. The maximum Gasteiger partial charge on any atom is 0.270 e. The molecule has 0 fully saturated rings. The van der Waals surface area contributed by atoms with Crippen molar-refractivity contribution in [2.45, 2.75) is 0 Å². The van der Waals surface area contributed by atoms with E-state index >= 15 is 0 Å². The smallest absolute Gasteiger partial charge is 0.270 e. The van der Waals surface area contributed by atoms with E-state index in [9.17, 15) is 14.9 Å². The highest BCUT2D eigenvalue weighted by Gasteiger charge is 2.16. The molecule has 2 aromatic rings. The van der Waals surface area contributed by atoms with E-state index in [4.69, 9.17) is 17.3 Å². The number of non-ortho nitro benzene ring substituents is 1. The van der Waals surface area contributed by atoms with Crippen molar-refractivity contribution in [2.75, 3.05) is 11.1 Å². The molecule has 0 bridgehead atoms. The molecule has 0 saturated carbocycles. The summed E-state index contributed by atoms with van der Waals surface area (Å²) in [7, 11) is 0. The van der Waals surface area contributed by atoms with Crippen molar-refractivity contribution in [1.29, 1.82) is 0 Å². The first-order valence-corrected chi connectivity index (χ1v) is 6.86. The van der Waals surface area contributed by atoms with E-state index in [1.54, 1.807) is 18.2 Å². The van der Waals surface area contributed by atoms with Crippen molar-refractivity contribution in [1.82, 2.24) is 0 Å². The molecule has 0 aliphatic carbocycles. The molecule has 8 heteroatoms. The maximum absolute atomic E-state index is 12.2. The van der Waals surface area contributed by atoms with Crippen molar-refractivity contribution in [2.24, 2.45) is 0 Å². The summed E-state index contributed by atoms with van der Waals surface area (Å²) in [6, 6.07) is 8.54. The molecule has 0 aliphatic rings. The van der Waals surface area contributed by atoms with Gasteiger partial charge in [0.25, 0.3) is 11.6 Å². The Hall–Kier alpha value is -2.12. The molecule has 0 spiro atoms. The van der Waals surface area contributed by atoms with Gasteiger partial charge >= 0.3 is 0 Å². The molecule has 108 valence electrons. The van der Waals surface area contributed by atoms with Crippen LogP contribution in [0.25, 0.3) is 0 Å². The standard InChI is InChI=1S/C13H9BrClN3O3/c14-10-5-7(15)1-4-12(10)17-13(19)9-6-8(18(20)21)2-3-11(9)16/h1-6H,16H2,(H,17,19). The van der Waals surface area contributed by atoms with Crippen LogP contribution in [-0.4, -0.2) is 10.8 Å². The normalized spacial score (nSPS) is 10.2. The van der Waals surface area contributed by atoms with Crippen LogP contribution in [0.3, 0.4) is 0 Å². The third kappa shape index (κ3) is 3.50. The van der Waals surface area contributed by atoms with Crippen LogP contribution in [0.4, 0.5) is 17.1 Å². The number of rotatable bonds is 3. The number of hydrogen-bond acceptors (Lipinski definition) is 4. The zero-order valence-corrected chi connectivity index (χ0v) is 12.8. The molecule has 1 amide bonds. The molecule has 0 atom stereocenters. The van der Waals surface area contributed by atoms with Gasteiger partial charge < -0.3 is 11.1 Å². The number of carbonyl (C=O) groups excluding carboxylic acids is 1. The average molecular weight is 371 g/mol. The number of halogens is 2. The third-order valence-corrected chi connectivity index (χ3v) is 3.56. The molecule has 2 aromatic carbocycles. The summed E-state index contributed by atoms with van der Waals surface area (Å²) in [5, 5.41) is 13.9. The van der Waals surface area contributed by atoms with Crippen LogP contribution in [0.5, 0.6) is 0 Å². The minimum Gasteiger partial charge on any atom is -0.398 e. The van der Waals surface area contributed by atoms with Gasteiger partial charge in [0.15, 0.2) is 0 Å². The van der Waals surface area contributed by atoms with Crippen molar-refractivity contribution >= 4 is 50.5 Å². The summed E-state index contributed by atoms with van der Waals surface area (Å²) in [5.41, 5.74) is 6.16. The van der Waals surface area contributed by atoms with E-state index in [2.05, 4.69) is 21.2 Å². The van der Waals surface area contributed by atoms with Gasteiger partial charge in [-0.15, -0.1) is 0 Å². The molecule has 6 nitrogen and oxygen atoms in total. The summed E-state index contributed by atoms with van der Waals surface area (Å²) in [6.07, 6.45) is 0. The second kappa shape index (κ2) is 6.11. The van der Waals surface area contributed by atoms with E-state index in [0.29, 0.717) is 15.2 Å². The van der Waals surface area contributed by atoms with Gasteiger partial charge in [-0.2, -0.15) is 0 Å². The highest BCUT2D eigenvalue weighted by molar-refractivity contribution is 9.10. The zero-order chi connectivity index (χ0) is 15.6. The number of amides is 1. The number of nitrogens with zero attached hydrogens (tertiary/aromatic N) is 1. The molecule has 0 aromatic heterocycles. The first kappa shape index (κ1) is 15.3. The largest absolute Gasteiger partial charge is 0.398 e. The Balaban J connectivity index is 2.32.